The molecule has 0 saturated carbocycles. The SMILES string of the molecule is COCC(C)CNc1ccc(C(=O)O)cn1. The fourth-order valence-electron chi connectivity index (χ4n) is 1.25. The lowest BCUT2D eigenvalue weighted by Crippen LogP contribution is -2.16. The van der Waals surface area contributed by atoms with Gasteiger partial charge in [0, 0.05) is 19.9 Å². The number of nitrogens with one attached hydrogen (secondary N) is 1. The minimum atomic E-state index is -0.966. The van der Waals surface area contributed by atoms with Gasteiger partial charge in [0.1, 0.15) is 5.82 Å². The van der Waals surface area contributed by atoms with Gasteiger partial charge in [0.2, 0.25) is 0 Å². The van der Waals surface area contributed by atoms with Gasteiger partial charge < -0.3 is 15.2 Å². The molecule has 0 amide bonds. The summed E-state index contributed by atoms with van der Waals surface area (Å²) < 4.78 is 5.00. The van der Waals surface area contributed by atoms with Crippen molar-refractivity contribution in [3.63, 3.8) is 0 Å². The molecule has 0 aliphatic carbocycles. The van der Waals surface area contributed by atoms with Crippen LogP contribution in [0.3, 0.4) is 0 Å². The summed E-state index contributed by atoms with van der Waals surface area (Å²) in [4.78, 5) is 14.6. The first kappa shape index (κ1) is 12.4. The summed E-state index contributed by atoms with van der Waals surface area (Å²) in [5.41, 5.74) is 0.190. The van der Waals surface area contributed by atoms with E-state index < -0.39 is 5.97 Å². The van der Waals surface area contributed by atoms with E-state index in [-0.39, 0.29) is 5.56 Å². The normalized spacial score (nSPS) is 12.1. The van der Waals surface area contributed by atoms with Crippen LogP contribution in [-0.4, -0.2) is 36.3 Å². The van der Waals surface area contributed by atoms with Gasteiger partial charge in [0.15, 0.2) is 0 Å². The van der Waals surface area contributed by atoms with Gasteiger partial charge in [-0.3, -0.25) is 0 Å². The van der Waals surface area contributed by atoms with Crippen LogP contribution < -0.4 is 5.32 Å². The summed E-state index contributed by atoms with van der Waals surface area (Å²) in [6.45, 7) is 3.48. The number of nitrogens with zero attached hydrogens (tertiary/aromatic N) is 1. The van der Waals surface area contributed by atoms with Crippen LogP contribution in [0.1, 0.15) is 17.3 Å². The predicted molar refractivity (Wildman–Crippen MR) is 60.7 cm³/mol. The number of rotatable bonds is 6. The number of methoxy groups -OCH3 is 1. The van der Waals surface area contributed by atoms with E-state index in [9.17, 15) is 4.79 Å². The van der Waals surface area contributed by atoms with Crippen molar-refractivity contribution in [3.8, 4) is 0 Å². The number of carboxylic acids is 1. The molecule has 88 valence electrons. The molecule has 0 aromatic carbocycles. The number of hydrogen-bond donors (Lipinski definition) is 2. The van der Waals surface area contributed by atoms with Crippen LogP contribution in [0.2, 0.25) is 0 Å². The number of anilines is 1. The highest BCUT2D eigenvalue weighted by Gasteiger charge is 2.04. The number of pyridine rings is 1. The lowest BCUT2D eigenvalue weighted by Gasteiger charge is -2.11. The molecule has 1 rings (SSSR count). The van der Waals surface area contributed by atoms with Crippen LogP contribution in [-0.2, 0) is 4.74 Å². The minimum Gasteiger partial charge on any atom is -0.478 e. The van der Waals surface area contributed by atoms with Gasteiger partial charge in [0.05, 0.1) is 12.2 Å². The number of carbonyl (C=O) groups is 1. The molecule has 2 N–H and O–H groups in total. The average Bonchev–Trinajstić information content (AvgIpc) is 2.27. The van der Waals surface area contributed by atoms with Crippen molar-refractivity contribution < 1.29 is 14.6 Å². The zero-order valence-electron chi connectivity index (χ0n) is 9.43. The third-order valence-corrected chi connectivity index (χ3v) is 2.09. The molecule has 1 heterocycles. The summed E-state index contributed by atoms with van der Waals surface area (Å²) in [7, 11) is 1.66. The molecule has 0 saturated heterocycles. The second kappa shape index (κ2) is 6.07. The first-order valence-corrected chi connectivity index (χ1v) is 5.05. The molecule has 1 unspecified atom stereocenters. The van der Waals surface area contributed by atoms with Gasteiger partial charge >= 0.3 is 5.97 Å². The molecule has 16 heavy (non-hydrogen) atoms. The zero-order chi connectivity index (χ0) is 12.0. The molecule has 0 radical (unpaired) electrons. The highest BCUT2D eigenvalue weighted by Crippen LogP contribution is 2.06. The van der Waals surface area contributed by atoms with Gasteiger partial charge in [0.25, 0.3) is 0 Å². The molecule has 0 fully saturated rings. The van der Waals surface area contributed by atoms with Gasteiger partial charge in [-0.2, -0.15) is 0 Å². The Morgan fingerprint density at radius 1 is 1.62 bits per heavy atom. The zero-order valence-corrected chi connectivity index (χ0v) is 9.43. The van der Waals surface area contributed by atoms with E-state index in [0.29, 0.717) is 18.3 Å². The third kappa shape index (κ3) is 3.86. The number of carboxylic acid groups (broad SMARTS) is 1. The van der Waals surface area contributed by atoms with Gasteiger partial charge in [-0.15, -0.1) is 0 Å². The van der Waals surface area contributed by atoms with E-state index in [2.05, 4.69) is 17.2 Å². The molecule has 5 nitrogen and oxygen atoms in total. The van der Waals surface area contributed by atoms with Crippen LogP contribution in [0, 0.1) is 5.92 Å². The second-order valence-electron chi connectivity index (χ2n) is 3.68. The first-order chi connectivity index (χ1) is 7.63. The van der Waals surface area contributed by atoms with Crippen molar-refractivity contribution in [2.45, 2.75) is 6.92 Å². The van der Waals surface area contributed by atoms with Crippen molar-refractivity contribution in [2.75, 3.05) is 25.6 Å². The van der Waals surface area contributed by atoms with E-state index in [1.165, 1.54) is 12.3 Å². The summed E-state index contributed by atoms with van der Waals surface area (Å²) in [5, 5.41) is 11.8. The van der Waals surface area contributed by atoms with Gasteiger partial charge in [-0.1, -0.05) is 6.92 Å². The summed E-state index contributed by atoms with van der Waals surface area (Å²) >= 11 is 0. The Hall–Kier alpha value is -1.62. The van der Waals surface area contributed by atoms with E-state index >= 15 is 0 Å². The average molecular weight is 224 g/mol. The van der Waals surface area contributed by atoms with Gasteiger partial charge in [-0.05, 0) is 18.1 Å². The standard InChI is InChI=1S/C11H16N2O3/c1-8(7-16-2)5-12-10-4-3-9(6-13-10)11(14)15/h3-4,6,8H,5,7H2,1-2H3,(H,12,13)(H,14,15). The maximum atomic E-state index is 10.6. The Morgan fingerprint density at radius 2 is 2.38 bits per heavy atom. The Balaban J connectivity index is 2.46. The Morgan fingerprint density at radius 3 is 2.88 bits per heavy atom. The topological polar surface area (TPSA) is 71.5 Å². The Labute approximate surface area is 94.5 Å². The molecule has 1 aromatic heterocycles. The van der Waals surface area contributed by atoms with Crippen molar-refractivity contribution in [2.24, 2.45) is 5.92 Å². The van der Waals surface area contributed by atoms with E-state index in [1.807, 2.05) is 0 Å². The Kier molecular flexibility index (Phi) is 4.72. The Bertz CT molecular complexity index is 338. The minimum absolute atomic E-state index is 0.190. The highest BCUT2D eigenvalue weighted by molar-refractivity contribution is 5.87. The molecular weight excluding hydrogens is 208 g/mol. The number of aromatic carboxylic acids is 1. The number of ether oxygens (including phenoxy) is 1. The number of aromatic nitrogens is 1. The molecule has 0 spiro atoms. The van der Waals surface area contributed by atoms with E-state index in [1.54, 1.807) is 13.2 Å². The lowest BCUT2D eigenvalue weighted by atomic mass is 10.2. The lowest BCUT2D eigenvalue weighted by molar-refractivity contribution is 0.0696. The van der Waals surface area contributed by atoms with Crippen molar-refractivity contribution in [1.82, 2.24) is 4.98 Å². The van der Waals surface area contributed by atoms with E-state index in [4.69, 9.17) is 9.84 Å². The summed E-state index contributed by atoms with van der Waals surface area (Å²) in [5.74, 6) is 0.0886. The second-order valence-corrected chi connectivity index (χ2v) is 3.68. The predicted octanol–water partition coefficient (Wildman–Crippen LogP) is 1.47. The number of hydrogen-bond acceptors (Lipinski definition) is 4. The van der Waals surface area contributed by atoms with Crippen LogP contribution >= 0.6 is 0 Å². The third-order valence-electron chi connectivity index (χ3n) is 2.09. The molecule has 0 bridgehead atoms. The van der Waals surface area contributed by atoms with Crippen LogP contribution in [0.25, 0.3) is 0 Å². The summed E-state index contributed by atoms with van der Waals surface area (Å²) in [6, 6.07) is 3.18. The van der Waals surface area contributed by atoms with Crippen molar-refractivity contribution >= 4 is 11.8 Å². The monoisotopic (exact) mass is 224 g/mol. The van der Waals surface area contributed by atoms with E-state index in [0.717, 1.165) is 6.54 Å². The van der Waals surface area contributed by atoms with Crippen LogP contribution in [0.5, 0.6) is 0 Å². The fraction of sp³-hybridized carbons (Fsp3) is 0.455. The quantitative estimate of drug-likeness (QED) is 0.765. The van der Waals surface area contributed by atoms with Crippen molar-refractivity contribution in [3.05, 3.63) is 23.9 Å². The largest absolute Gasteiger partial charge is 0.478 e. The summed E-state index contributed by atoms with van der Waals surface area (Å²) in [6.07, 6.45) is 1.34. The molecule has 0 aliphatic rings. The first-order valence-electron chi connectivity index (χ1n) is 5.05. The molecule has 1 aromatic rings. The van der Waals surface area contributed by atoms with Crippen LogP contribution in [0.15, 0.2) is 18.3 Å². The fourth-order valence-corrected chi connectivity index (χ4v) is 1.25. The maximum Gasteiger partial charge on any atom is 0.337 e. The molecule has 1 atom stereocenters. The molecule has 5 heteroatoms. The van der Waals surface area contributed by atoms with Crippen LogP contribution in [0.4, 0.5) is 5.82 Å². The van der Waals surface area contributed by atoms with Crippen molar-refractivity contribution in [1.29, 1.82) is 0 Å². The maximum absolute atomic E-state index is 10.6. The highest BCUT2D eigenvalue weighted by atomic mass is 16.5. The molecule has 0 aliphatic heterocycles. The molecular formula is C11H16N2O3. The van der Waals surface area contributed by atoms with Gasteiger partial charge in [-0.25, -0.2) is 9.78 Å². The smallest absolute Gasteiger partial charge is 0.337 e.